The number of likely N-dealkylation sites (tertiary alicyclic amines) is 1. The van der Waals surface area contributed by atoms with Crippen LogP contribution in [0.15, 0.2) is 61.8 Å². The summed E-state index contributed by atoms with van der Waals surface area (Å²) in [6, 6.07) is 7.39. The zero-order valence-corrected chi connectivity index (χ0v) is 27.3. The topological polar surface area (TPSA) is 136 Å². The van der Waals surface area contributed by atoms with Crippen LogP contribution in [0.1, 0.15) is 65.7 Å². The van der Waals surface area contributed by atoms with Crippen molar-refractivity contribution in [3.8, 4) is 5.75 Å². The van der Waals surface area contributed by atoms with Crippen molar-refractivity contribution in [3.63, 3.8) is 0 Å². The van der Waals surface area contributed by atoms with Crippen LogP contribution in [-0.2, 0) is 23.9 Å². The zero-order valence-electron chi connectivity index (χ0n) is 27.3. The second-order valence-electron chi connectivity index (χ2n) is 12.9. The second-order valence-corrected chi connectivity index (χ2v) is 12.9. The second kappa shape index (κ2) is 14.8. The number of unbranched alkanes of at least 4 members (excludes halogenated alkanes) is 1. The number of pyridine rings is 1. The number of carbonyl (C=O) groups excluding carboxylic acids is 4. The maximum absolute atomic E-state index is 14.2. The zero-order chi connectivity index (χ0) is 33.5. The molecule has 2 N–H and O–H groups in total. The summed E-state index contributed by atoms with van der Waals surface area (Å²) < 4.78 is 17.0. The van der Waals surface area contributed by atoms with Gasteiger partial charge in [-0.15, -0.1) is 13.2 Å². The molecule has 11 heteroatoms. The highest BCUT2D eigenvalue weighted by molar-refractivity contribution is 5.96. The molecule has 1 aliphatic heterocycles. The van der Waals surface area contributed by atoms with Crippen molar-refractivity contribution in [2.24, 2.45) is 5.92 Å². The first kappa shape index (κ1) is 34.5. The third-order valence-corrected chi connectivity index (χ3v) is 8.36. The summed E-state index contributed by atoms with van der Waals surface area (Å²) in [6.45, 7) is 12.8. The molecular formula is C35H46N4O7. The molecule has 1 saturated carbocycles. The van der Waals surface area contributed by atoms with Crippen LogP contribution in [0.3, 0.4) is 0 Å². The molecular weight excluding hydrogens is 588 g/mol. The molecule has 2 aromatic rings. The van der Waals surface area contributed by atoms with E-state index in [-0.39, 0.29) is 18.9 Å². The van der Waals surface area contributed by atoms with E-state index >= 15 is 0 Å². The first-order chi connectivity index (χ1) is 21.9. The number of methoxy groups -OCH3 is 1. The summed E-state index contributed by atoms with van der Waals surface area (Å²) in [6.07, 6.45) is 7.38. The number of para-hydroxylation sites is 1. The fraction of sp³-hybridized carbons (Fsp3) is 0.514. The molecule has 5 atom stereocenters. The molecule has 2 fully saturated rings. The van der Waals surface area contributed by atoms with Crippen molar-refractivity contribution in [1.29, 1.82) is 0 Å². The van der Waals surface area contributed by atoms with E-state index in [1.54, 1.807) is 45.2 Å². The Morgan fingerprint density at radius 2 is 1.87 bits per heavy atom. The smallest absolute Gasteiger partial charge is 0.408 e. The number of ether oxygens (including phenoxy) is 3. The number of hydrogen-bond donors (Lipinski definition) is 2. The minimum Gasteiger partial charge on any atom is -0.488 e. The Morgan fingerprint density at radius 1 is 1.13 bits per heavy atom. The third-order valence-electron chi connectivity index (χ3n) is 8.36. The number of rotatable bonds is 14. The Labute approximate surface area is 270 Å². The summed E-state index contributed by atoms with van der Waals surface area (Å²) in [5, 5.41) is 6.48. The number of nitrogens with zero attached hydrogens (tertiary/aromatic N) is 2. The fourth-order valence-electron chi connectivity index (χ4n) is 6.04. The molecule has 4 rings (SSSR count). The molecule has 1 aliphatic carbocycles. The minimum absolute atomic E-state index is 0.0899. The van der Waals surface area contributed by atoms with Gasteiger partial charge in [-0.25, -0.2) is 9.59 Å². The van der Waals surface area contributed by atoms with Gasteiger partial charge in [0.1, 0.15) is 35.1 Å². The van der Waals surface area contributed by atoms with E-state index in [0.717, 1.165) is 10.9 Å². The molecule has 1 aromatic carbocycles. The molecule has 1 unspecified atom stereocenters. The van der Waals surface area contributed by atoms with Gasteiger partial charge in [0.05, 0.1) is 19.2 Å². The largest absolute Gasteiger partial charge is 0.488 e. The van der Waals surface area contributed by atoms with Crippen molar-refractivity contribution in [1.82, 2.24) is 20.5 Å². The number of fused-ring (bicyclic) bond motifs is 1. The molecule has 0 spiro atoms. The summed E-state index contributed by atoms with van der Waals surface area (Å²) in [7, 11) is 1.30. The van der Waals surface area contributed by atoms with Crippen LogP contribution >= 0.6 is 0 Å². The van der Waals surface area contributed by atoms with E-state index in [9.17, 15) is 19.2 Å². The van der Waals surface area contributed by atoms with Gasteiger partial charge in [-0.1, -0.05) is 24.3 Å². The Hall–Kier alpha value is -4.41. The minimum atomic E-state index is -1.16. The van der Waals surface area contributed by atoms with Gasteiger partial charge in [0.2, 0.25) is 11.8 Å². The quantitative estimate of drug-likeness (QED) is 0.171. The number of esters is 1. The molecule has 2 aliphatic rings. The number of amides is 3. The lowest BCUT2D eigenvalue weighted by Gasteiger charge is -2.30. The molecule has 0 bridgehead atoms. The average molecular weight is 635 g/mol. The number of allylic oxidation sites excluding steroid dienone is 2. The highest BCUT2D eigenvalue weighted by Crippen LogP contribution is 2.48. The average Bonchev–Trinajstić information content (AvgIpc) is 3.55. The Balaban J connectivity index is 1.62. The van der Waals surface area contributed by atoms with E-state index < -0.39 is 53.2 Å². The SMILES string of the molecule is C=CCCC[C@H](NC(=O)OC(C)(C)C)C(=O)N1CC(Oc2ccnc3ccccc23)C[C@H]1C(=O)N[C@]1(C(=O)OC)C[C@H]1CCC=C. The highest BCUT2D eigenvalue weighted by Gasteiger charge is 2.62. The van der Waals surface area contributed by atoms with Crippen LogP contribution < -0.4 is 15.4 Å². The molecule has 1 aromatic heterocycles. The van der Waals surface area contributed by atoms with Crippen LogP contribution in [-0.4, -0.2) is 76.7 Å². The van der Waals surface area contributed by atoms with Crippen molar-refractivity contribution in [3.05, 3.63) is 61.8 Å². The molecule has 0 radical (unpaired) electrons. The predicted octanol–water partition coefficient (Wildman–Crippen LogP) is 4.85. The van der Waals surface area contributed by atoms with Crippen LogP contribution in [0.4, 0.5) is 4.79 Å². The van der Waals surface area contributed by atoms with E-state index in [4.69, 9.17) is 14.2 Å². The Morgan fingerprint density at radius 3 is 2.57 bits per heavy atom. The van der Waals surface area contributed by atoms with Gasteiger partial charge < -0.3 is 29.7 Å². The first-order valence-electron chi connectivity index (χ1n) is 15.8. The lowest BCUT2D eigenvalue weighted by molar-refractivity contribution is -0.148. The summed E-state index contributed by atoms with van der Waals surface area (Å²) in [4.78, 5) is 59.8. The molecule has 3 amide bonds. The first-order valence-corrected chi connectivity index (χ1v) is 15.8. The molecule has 1 saturated heterocycles. The van der Waals surface area contributed by atoms with Crippen LogP contribution in [0, 0.1) is 5.92 Å². The van der Waals surface area contributed by atoms with Gasteiger partial charge in [0.25, 0.3) is 0 Å². The van der Waals surface area contributed by atoms with Crippen molar-refractivity contribution in [2.75, 3.05) is 13.7 Å². The number of alkyl carbamates (subject to hydrolysis) is 1. The lowest BCUT2D eigenvalue weighted by atomic mass is 10.1. The maximum Gasteiger partial charge on any atom is 0.408 e. The van der Waals surface area contributed by atoms with Crippen LogP contribution in [0.25, 0.3) is 10.9 Å². The van der Waals surface area contributed by atoms with Gasteiger partial charge in [0, 0.05) is 18.0 Å². The van der Waals surface area contributed by atoms with E-state index in [2.05, 4.69) is 28.8 Å². The Bertz CT molecular complexity index is 1450. The van der Waals surface area contributed by atoms with Gasteiger partial charge in [-0.2, -0.15) is 0 Å². The molecule has 46 heavy (non-hydrogen) atoms. The van der Waals surface area contributed by atoms with Gasteiger partial charge in [-0.3, -0.25) is 14.6 Å². The number of nitrogens with one attached hydrogen (secondary N) is 2. The number of aromatic nitrogens is 1. The third kappa shape index (κ3) is 8.24. The number of carbonyl (C=O) groups is 4. The van der Waals surface area contributed by atoms with E-state index in [1.165, 1.54) is 12.0 Å². The monoisotopic (exact) mass is 634 g/mol. The Kier molecular flexibility index (Phi) is 11.1. The van der Waals surface area contributed by atoms with Gasteiger partial charge in [0.15, 0.2) is 0 Å². The fourth-order valence-corrected chi connectivity index (χ4v) is 6.04. The maximum atomic E-state index is 14.2. The highest BCUT2D eigenvalue weighted by atomic mass is 16.6. The standard InChI is InChI=1S/C35H46N4O7/c1-7-9-11-17-27(37-33(43)46-34(3,4)5)31(41)39-22-24(45-29-18-19-36-26-16-13-12-15-25(26)29)20-28(39)30(40)38-35(32(42)44-6)21-23(35)14-10-8-2/h7-8,12-13,15-16,18-19,23-24,27-28H,1-2,9-11,14,17,20-22H2,3-6H3,(H,37,43)(H,38,40)/t23-,24?,27+,28+,35-/m1/s1. The van der Waals surface area contributed by atoms with Crippen LogP contribution in [0.2, 0.25) is 0 Å². The van der Waals surface area contributed by atoms with Crippen molar-refractivity contribution in [2.45, 2.75) is 95.0 Å². The predicted molar refractivity (Wildman–Crippen MR) is 174 cm³/mol. The summed E-state index contributed by atoms with van der Waals surface area (Å²) >= 11 is 0. The summed E-state index contributed by atoms with van der Waals surface area (Å²) in [5.74, 6) is -0.963. The lowest BCUT2D eigenvalue weighted by Crippen LogP contribution is -2.56. The van der Waals surface area contributed by atoms with Gasteiger partial charge in [-0.05, 0) is 83.4 Å². The normalized spacial score (nSPS) is 22.8. The van der Waals surface area contributed by atoms with E-state index in [0.29, 0.717) is 44.3 Å². The van der Waals surface area contributed by atoms with Crippen molar-refractivity contribution >= 4 is 34.8 Å². The number of benzene rings is 1. The molecule has 2 heterocycles. The molecule has 248 valence electrons. The number of hydrogen-bond acceptors (Lipinski definition) is 8. The molecule has 11 nitrogen and oxygen atoms in total. The van der Waals surface area contributed by atoms with Gasteiger partial charge >= 0.3 is 12.1 Å². The van der Waals surface area contributed by atoms with Crippen LogP contribution in [0.5, 0.6) is 5.75 Å². The summed E-state index contributed by atoms with van der Waals surface area (Å²) in [5.41, 5.74) is -1.18. The van der Waals surface area contributed by atoms with Crippen molar-refractivity contribution < 1.29 is 33.4 Å². The van der Waals surface area contributed by atoms with E-state index in [1.807, 2.05) is 24.3 Å².